The van der Waals surface area contributed by atoms with Crippen LogP contribution in [0.5, 0.6) is 0 Å². The van der Waals surface area contributed by atoms with E-state index in [-0.39, 0.29) is 0 Å². The molecule has 0 radical (unpaired) electrons. The lowest BCUT2D eigenvalue weighted by atomic mass is 10.2. The third kappa shape index (κ3) is 2.15. The van der Waals surface area contributed by atoms with Gasteiger partial charge in [0, 0.05) is 6.07 Å². The highest BCUT2D eigenvalue weighted by molar-refractivity contribution is 5.98. The van der Waals surface area contributed by atoms with Gasteiger partial charge in [-0.25, -0.2) is 17.6 Å². The van der Waals surface area contributed by atoms with Gasteiger partial charge in [0.05, 0.1) is 5.69 Å². The Kier molecular flexibility index (Phi) is 3.08. The van der Waals surface area contributed by atoms with Crippen molar-refractivity contribution in [2.24, 2.45) is 0 Å². The number of carbonyl (C=O) groups excluding carboxylic acids is 1. The fraction of sp³-hybridized carbons (Fsp3) is 0. The summed E-state index contributed by atoms with van der Waals surface area (Å²) in [6.45, 7) is 3.05. The van der Waals surface area contributed by atoms with Gasteiger partial charge in [0.15, 0.2) is 23.3 Å². The minimum atomic E-state index is -1.98. The van der Waals surface area contributed by atoms with Crippen LogP contribution in [0.15, 0.2) is 18.7 Å². The number of rotatable bonds is 2. The first-order valence-corrected chi connectivity index (χ1v) is 3.73. The first kappa shape index (κ1) is 11.2. The van der Waals surface area contributed by atoms with Gasteiger partial charge in [-0.15, -0.1) is 0 Å². The van der Waals surface area contributed by atoms with Gasteiger partial charge >= 0.3 is 0 Å². The first-order valence-electron chi connectivity index (χ1n) is 3.73. The average Bonchev–Trinajstić information content (AvgIpc) is 2.22. The molecule has 0 atom stereocenters. The molecule has 1 aromatic rings. The van der Waals surface area contributed by atoms with E-state index in [0.29, 0.717) is 6.07 Å². The Hall–Kier alpha value is -1.85. The lowest BCUT2D eigenvalue weighted by molar-refractivity contribution is -0.111. The average molecular weight is 219 g/mol. The summed E-state index contributed by atoms with van der Waals surface area (Å²) in [4.78, 5) is 10.7. The van der Waals surface area contributed by atoms with Gasteiger partial charge in [0.25, 0.3) is 0 Å². The third-order valence-electron chi connectivity index (χ3n) is 1.55. The van der Waals surface area contributed by atoms with Crippen molar-refractivity contribution in [3.05, 3.63) is 42.0 Å². The van der Waals surface area contributed by atoms with E-state index in [0.717, 1.165) is 6.08 Å². The molecule has 1 rings (SSSR count). The second-order valence-electron chi connectivity index (χ2n) is 2.54. The molecule has 0 aliphatic carbocycles. The van der Waals surface area contributed by atoms with Crippen molar-refractivity contribution in [1.29, 1.82) is 0 Å². The summed E-state index contributed by atoms with van der Waals surface area (Å²) in [5.74, 6) is -8.02. The molecule has 1 N–H and O–H groups in total. The molecule has 0 aromatic heterocycles. The normalized spacial score (nSPS) is 9.87. The van der Waals surface area contributed by atoms with E-state index in [1.807, 2.05) is 0 Å². The zero-order valence-electron chi connectivity index (χ0n) is 7.28. The molecule has 15 heavy (non-hydrogen) atoms. The number of benzene rings is 1. The van der Waals surface area contributed by atoms with E-state index >= 15 is 0 Å². The molecular formula is C9H5F4NO. The Balaban J connectivity index is 3.20. The maximum absolute atomic E-state index is 12.9. The second-order valence-corrected chi connectivity index (χ2v) is 2.54. The number of halogens is 4. The van der Waals surface area contributed by atoms with Crippen LogP contribution in [-0.2, 0) is 4.79 Å². The molecule has 80 valence electrons. The molecule has 0 bridgehead atoms. The highest BCUT2D eigenvalue weighted by Crippen LogP contribution is 2.22. The van der Waals surface area contributed by atoms with E-state index < -0.39 is 34.9 Å². The fourth-order valence-corrected chi connectivity index (χ4v) is 0.848. The van der Waals surface area contributed by atoms with Gasteiger partial charge in [-0.05, 0) is 6.08 Å². The summed E-state index contributed by atoms with van der Waals surface area (Å²) >= 11 is 0. The molecule has 0 spiro atoms. The van der Waals surface area contributed by atoms with Gasteiger partial charge in [-0.1, -0.05) is 6.58 Å². The minimum absolute atomic E-state index is 0.342. The molecule has 6 heteroatoms. The number of anilines is 1. The van der Waals surface area contributed by atoms with Gasteiger partial charge < -0.3 is 5.32 Å². The largest absolute Gasteiger partial charge is 0.320 e. The molecule has 0 saturated carbocycles. The highest BCUT2D eigenvalue weighted by Gasteiger charge is 2.19. The summed E-state index contributed by atoms with van der Waals surface area (Å²) in [7, 11) is 0. The summed E-state index contributed by atoms with van der Waals surface area (Å²) < 4.78 is 50.6. The summed E-state index contributed by atoms with van der Waals surface area (Å²) in [5, 5.41) is 1.79. The quantitative estimate of drug-likeness (QED) is 0.352. The minimum Gasteiger partial charge on any atom is -0.320 e. The van der Waals surface area contributed by atoms with E-state index in [4.69, 9.17) is 0 Å². The van der Waals surface area contributed by atoms with Gasteiger partial charge in [-0.2, -0.15) is 0 Å². The van der Waals surface area contributed by atoms with Crippen molar-refractivity contribution >= 4 is 11.6 Å². The predicted octanol–water partition coefficient (Wildman–Crippen LogP) is 2.37. The molecular weight excluding hydrogens is 214 g/mol. The van der Waals surface area contributed by atoms with Crippen LogP contribution in [-0.4, -0.2) is 5.91 Å². The molecule has 0 saturated heterocycles. The van der Waals surface area contributed by atoms with Crippen LogP contribution in [0.4, 0.5) is 23.2 Å². The number of hydrogen-bond donors (Lipinski definition) is 1. The van der Waals surface area contributed by atoms with Crippen molar-refractivity contribution in [2.45, 2.75) is 0 Å². The predicted molar refractivity (Wildman–Crippen MR) is 45.1 cm³/mol. The molecule has 0 heterocycles. The van der Waals surface area contributed by atoms with Crippen LogP contribution in [0, 0.1) is 23.3 Å². The summed E-state index contributed by atoms with van der Waals surface area (Å²) in [6.07, 6.45) is 0.776. The number of amides is 1. The molecule has 0 fully saturated rings. The Morgan fingerprint density at radius 1 is 1.20 bits per heavy atom. The van der Waals surface area contributed by atoms with E-state index in [9.17, 15) is 22.4 Å². The van der Waals surface area contributed by atoms with Crippen LogP contribution in [0.3, 0.4) is 0 Å². The van der Waals surface area contributed by atoms with Crippen LogP contribution < -0.4 is 5.32 Å². The Bertz CT molecular complexity index is 431. The maximum atomic E-state index is 12.9. The van der Waals surface area contributed by atoms with Crippen molar-refractivity contribution in [1.82, 2.24) is 0 Å². The molecule has 1 aromatic carbocycles. The van der Waals surface area contributed by atoms with Crippen molar-refractivity contribution in [3.63, 3.8) is 0 Å². The van der Waals surface area contributed by atoms with Crippen molar-refractivity contribution in [2.75, 3.05) is 5.32 Å². The SMILES string of the molecule is C=CC(=O)Nc1cc(F)c(F)c(F)c1F. The van der Waals surface area contributed by atoms with E-state index in [2.05, 4.69) is 6.58 Å². The van der Waals surface area contributed by atoms with Gasteiger partial charge in [0.1, 0.15) is 0 Å². The topological polar surface area (TPSA) is 29.1 Å². The standard InChI is InChI=1S/C9H5F4NO/c1-2-6(15)14-5-3-4(10)7(11)9(13)8(5)12/h2-3H,1H2,(H,14,15). The maximum Gasteiger partial charge on any atom is 0.247 e. The number of carbonyl (C=O) groups is 1. The third-order valence-corrected chi connectivity index (χ3v) is 1.55. The zero-order chi connectivity index (χ0) is 11.6. The molecule has 0 aliphatic heterocycles. The summed E-state index contributed by atoms with van der Waals surface area (Å²) in [6, 6.07) is 0.342. The van der Waals surface area contributed by atoms with Gasteiger partial charge in [-0.3, -0.25) is 4.79 Å². The van der Waals surface area contributed by atoms with E-state index in [1.54, 1.807) is 5.32 Å². The second kappa shape index (κ2) is 4.12. The van der Waals surface area contributed by atoms with E-state index in [1.165, 1.54) is 0 Å². The Morgan fingerprint density at radius 2 is 1.80 bits per heavy atom. The van der Waals surface area contributed by atoms with Crippen molar-refractivity contribution in [3.8, 4) is 0 Å². The lowest BCUT2D eigenvalue weighted by Crippen LogP contribution is -2.11. The van der Waals surface area contributed by atoms with Crippen LogP contribution in [0.2, 0.25) is 0 Å². The van der Waals surface area contributed by atoms with Crippen molar-refractivity contribution < 1.29 is 22.4 Å². The molecule has 2 nitrogen and oxygen atoms in total. The number of hydrogen-bond acceptors (Lipinski definition) is 1. The Labute approximate surface area is 82.2 Å². The number of nitrogens with one attached hydrogen (secondary N) is 1. The first-order chi connectivity index (χ1) is 6.97. The molecule has 0 unspecified atom stereocenters. The summed E-state index contributed by atoms with van der Waals surface area (Å²) in [5.41, 5.74) is -0.781. The highest BCUT2D eigenvalue weighted by atomic mass is 19.2. The fourth-order valence-electron chi connectivity index (χ4n) is 0.848. The van der Waals surface area contributed by atoms with Gasteiger partial charge in [0.2, 0.25) is 5.91 Å². The molecule has 1 amide bonds. The zero-order valence-corrected chi connectivity index (χ0v) is 7.28. The van der Waals surface area contributed by atoms with Crippen LogP contribution in [0.25, 0.3) is 0 Å². The smallest absolute Gasteiger partial charge is 0.247 e. The van der Waals surface area contributed by atoms with Crippen LogP contribution in [0.1, 0.15) is 0 Å². The lowest BCUT2D eigenvalue weighted by Gasteiger charge is -2.05. The monoisotopic (exact) mass is 219 g/mol. The van der Waals surface area contributed by atoms with Crippen LogP contribution >= 0.6 is 0 Å². The molecule has 0 aliphatic rings. The Morgan fingerprint density at radius 3 is 2.33 bits per heavy atom.